The van der Waals surface area contributed by atoms with Crippen molar-refractivity contribution in [3.05, 3.63) is 12.2 Å². The molecular weight excluding hydrogens is 255 g/mol. The minimum atomic E-state index is -0.156. The van der Waals surface area contributed by atoms with E-state index in [-0.39, 0.29) is 13.0 Å². The molecular formula is C17H31FO2. The third-order valence-electron chi connectivity index (χ3n) is 3.65. The molecule has 2 nitrogen and oxygen atoms in total. The Bertz CT molecular complexity index is 225. The van der Waals surface area contributed by atoms with E-state index in [2.05, 4.69) is 12.2 Å². The Morgan fingerprint density at radius 1 is 0.950 bits per heavy atom. The summed E-state index contributed by atoms with van der Waals surface area (Å²) < 4.78 is 23.0. The van der Waals surface area contributed by atoms with Crippen LogP contribution in [0.3, 0.4) is 0 Å². The van der Waals surface area contributed by atoms with Gasteiger partial charge in [0.15, 0.2) is 6.29 Å². The zero-order valence-corrected chi connectivity index (χ0v) is 12.8. The Hall–Kier alpha value is -0.410. The summed E-state index contributed by atoms with van der Waals surface area (Å²) >= 11 is 0. The zero-order valence-electron chi connectivity index (χ0n) is 12.8. The molecule has 0 amide bonds. The lowest BCUT2D eigenvalue weighted by molar-refractivity contribution is -0.161. The van der Waals surface area contributed by atoms with E-state index in [1.54, 1.807) is 0 Å². The molecule has 0 aliphatic carbocycles. The van der Waals surface area contributed by atoms with Crippen molar-refractivity contribution < 1.29 is 13.9 Å². The number of alkyl halides is 1. The van der Waals surface area contributed by atoms with Crippen LogP contribution in [0.15, 0.2) is 12.2 Å². The molecule has 1 fully saturated rings. The van der Waals surface area contributed by atoms with E-state index in [9.17, 15) is 4.39 Å². The lowest BCUT2D eigenvalue weighted by Crippen LogP contribution is -2.22. The molecule has 3 heteroatoms. The van der Waals surface area contributed by atoms with Crippen molar-refractivity contribution in [2.75, 3.05) is 19.9 Å². The van der Waals surface area contributed by atoms with Crippen molar-refractivity contribution in [2.24, 2.45) is 0 Å². The van der Waals surface area contributed by atoms with E-state index in [1.807, 2.05) is 0 Å². The number of ether oxygens (including phenoxy) is 2. The monoisotopic (exact) mass is 286 g/mol. The van der Waals surface area contributed by atoms with E-state index < -0.39 is 0 Å². The lowest BCUT2D eigenvalue weighted by atomic mass is 10.1. The van der Waals surface area contributed by atoms with Crippen LogP contribution in [-0.4, -0.2) is 26.2 Å². The van der Waals surface area contributed by atoms with Crippen LogP contribution < -0.4 is 0 Å². The van der Waals surface area contributed by atoms with Gasteiger partial charge < -0.3 is 9.47 Å². The van der Waals surface area contributed by atoms with Gasteiger partial charge in [-0.2, -0.15) is 0 Å². The number of rotatable bonds is 12. The molecule has 0 saturated carbocycles. The first-order valence-corrected chi connectivity index (χ1v) is 8.37. The first kappa shape index (κ1) is 17.6. The average Bonchev–Trinajstić information content (AvgIpc) is 2.49. The van der Waals surface area contributed by atoms with Crippen LogP contribution in [0.25, 0.3) is 0 Å². The number of halogens is 1. The second-order valence-corrected chi connectivity index (χ2v) is 5.53. The molecule has 1 rings (SSSR count). The molecule has 0 aromatic heterocycles. The minimum absolute atomic E-state index is 0.0430. The zero-order chi connectivity index (χ0) is 14.3. The van der Waals surface area contributed by atoms with Gasteiger partial charge in [-0.25, -0.2) is 0 Å². The summed E-state index contributed by atoms with van der Waals surface area (Å²) in [6.45, 7) is 1.47. The van der Waals surface area contributed by atoms with Gasteiger partial charge in [0.25, 0.3) is 0 Å². The second kappa shape index (κ2) is 13.6. The second-order valence-electron chi connectivity index (χ2n) is 5.53. The molecule has 1 saturated heterocycles. The Morgan fingerprint density at radius 3 is 2.45 bits per heavy atom. The predicted octanol–water partition coefficient (Wildman–Crippen LogP) is 5.18. The molecule has 1 aliphatic rings. The van der Waals surface area contributed by atoms with Crippen molar-refractivity contribution in [1.82, 2.24) is 0 Å². The predicted molar refractivity (Wildman–Crippen MR) is 81.6 cm³/mol. The number of hydrogen-bond donors (Lipinski definition) is 0. The maximum atomic E-state index is 11.9. The van der Waals surface area contributed by atoms with Gasteiger partial charge in [0.2, 0.25) is 0 Å². The van der Waals surface area contributed by atoms with Crippen molar-refractivity contribution in [3.8, 4) is 0 Å². The number of hydrogen-bond acceptors (Lipinski definition) is 2. The fourth-order valence-electron chi connectivity index (χ4n) is 2.41. The van der Waals surface area contributed by atoms with Gasteiger partial charge in [-0.1, -0.05) is 37.8 Å². The summed E-state index contributed by atoms with van der Waals surface area (Å²) in [5.41, 5.74) is 0. The van der Waals surface area contributed by atoms with Crippen molar-refractivity contribution >= 4 is 0 Å². The van der Waals surface area contributed by atoms with Gasteiger partial charge in [0, 0.05) is 6.61 Å². The van der Waals surface area contributed by atoms with Crippen LogP contribution >= 0.6 is 0 Å². The molecule has 0 N–H and O–H groups in total. The maximum absolute atomic E-state index is 11.9. The molecule has 0 aromatic carbocycles. The highest BCUT2D eigenvalue weighted by Gasteiger charge is 2.12. The molecule has 1 aliphatic heterocycles. The first-order chi connectivity index (χ1) is 9.93. The summed E-state index contributed by atoms with van der Waals surface area (Å²) in [5.74, 6) is 0. The van der Waals surface area contributed by atoms with Gasteiger partial charge >= 0.3 is 0 Å². The van der Waals surface area contributed by atoms with Crippen LogP contribution in [0.2, 0.25) is 0 Å². The Labute approximate surface area is 123 Å². The third kappa shape index (κ3) is 10.4. The van der Waals surface area contributed by atoms with Crippen molar-refractivity contribution in [3.63, 3.8) is 0 Å². The smallest absolute Gasteiger partial charge is 0.157 e. The van der Waals surface area contributed by atoms with Crippen LogP contribution in [0, 0.1) is 0 Å². The van der Waals surface area contributed by atoms with E-state index in [0.29, 0.717) is 0 Å². The SMILES string of the molecule is FCCCCCCCC/C=C\CCOC1CCCCO1. The summed E-state index contributed by atoms with van der Waals surface area (Å²) in [6, 6.07) is 0. The highest BCUT2D eigenvalue weighted by Crippen LogP contribution is 2.13. The molecule has 118 valence electrons. The topological polar surface area (TPSA) is 18.5 Å². The summed E-state index contributed by atoms with van der Waals surface area (Å²) in [5, 5.41) is 0. The van der Waals surface area contributed by atoms with E-state index in [0.717, 1.165) is 45.3 Å². The van der Waals surface area contributed by atoms with Crippen LogP contribution in [0.5, 0.6) is 0 Å². The Kier molecular flexibility index (Phi) is 12.0. The minimum Gasteiger partial charge on any atom is -0.353 e. The van der Waals surface area contributed by atoms with Gasteiger partial charge in [0.05, 0.1) is 13.3 Å². The molecule has 0 aromatic rings. The lowest BCUT2D eigenvalue weighted by Gasteiger charge is -2.22. The molecule has 20 heavy (non-hydrogen) atoms. The first-order valence-electron chi connectivity index (χ1n) is 8.37. The standard InChI is InChI=1S/C17H31FO2/c18-14-10-7-5-3-1-2-4-6-8-11-15-19-17-13-9-12-16-20-17/h6,8,17H,1-5,7,9-16H2/b8-6-. The molecule has 0 spiro atoms. The van der Waals surface area contributed by atoms with E-state index >= 15 is 0 Å². The van der Waals surface area contributed by atoms with Gasteiger partial charge in [-0.05, 0) is 44.9 Å². The Morgan fingerprint density at radius 2 is 1.70 bits per heavy atom. The Balaban J connectivity index is 1.78. The van der Waals surface area contributed by atoms with Crippen molar-refractivity contribution in [1.29, 1.82) is 0 Å². The summed E-state index contributed by atoms with van der Waals surface area (Å²) in [6.07, 6.45) is 16.8. The highest BCUT2D eigenvalue weighted by atomic mass is 19.1. The fourth-order valence-corrected chi connectivity index (χ4v) is 2.41. The van der Waals surface area contributed by atoms with Crippen molar-refractivity contribution in [2.45, 2.75) is 76.9 Å². The quantitative estimate of drug-likeness (QED) is 0.364. The maximum Gasteiger partial charge on any atom is 0.157 e. The molecule has 0 bridgehead atoms. The molecule has 1 atom stereocenters. The summed E-state index contributed by atoms with van der Waals surface area (Å²) in [7, 11) is 0. The van der Waals surface area contributed by atoms with Crippen LogP contribution in [0.1, 0.15) is 70.6 Å². The summed E-state index contributed by atoms with van der Waals surface area (Å²) in [4.78, 5) is 0. The average molecular weight is 286 g/mol. The third-order valence-corrected chi connectivity index (χ3v) is 3.65. The van der Waals surface area contributed by atoms with Crippen LogP contribution in [0.4, 0.5) is 4.39 Å². The van der Waals surface area contributed by atoms with Crippen LogP contribution in [-0.2, 0) is 9.47 Å². The molecule has 1 unspecified atom stereocenters. The fraction of sp³-hybridized carbons (Fsp3) is 0.882. The molecule has 1 heterocycles. The normalized spacial score (nSPS) is 19.8. The molecule has 0 radical (unpaired) electrons. The number of unbranched alkanes of at least 4 members (excludes halogenated alkanes) is 6. The van der Waals surface area contributed by atoms with E-state index in [1.165, 1.54) is 38.5 Å². The number of allylic oxidation sites excluding steroid dienone is 1. The van der Waals surface area contributed by atoms with Gasteiger partial charge in [-0.15, -0.1) is 0 Å². The van der Waals surface area contributed by atoms with E-state index in [4.69, 9.17) is 9.47 Å². The van der Waals surface area contributed by atoms with Gasteiger partial charge in [0.1, 0.15) is 0 Å². The van der Waals surface area contributed by atoms with Gasteiger partial charge in [-0.3, -0.25) is 4.39 Å². The highest BCUT2D eigenvalue weighted by molar-refractivity contribution is 4.81. The largest absolute Gasteiger partial charge is 0.353 e.